The van der Waals surface area contributed by atoms with Gasteiger partial charge in [0.1, 0.15) is 11.5 Å². The summed E-state index contributed by atoms with van der Waals surface area (Å²) in [5.41, 5.74) is 5.10. The van der Waals surface area contributed by atoms with E-state index in [-0.39, 0.29) is 18.1 Å². The fraction of sp³-hybridized carbons (Fsp3) is 0.562. The summed E-state index contributed by atoms with van der Waals surface area (Å²) in [6, 6.07) is 10.4. The standard InChI is InChI=1S/C32H39NO5/c1-32-14-13-23-24(26(32)10-12-30(32)34)9-8-21-17-28(36-2)22(16-25(21)23)5-3-4-6-31(35)33-18-20-7-11-27-29(15-20)38-19-37-27/h7,11,15-17,23-24,26H,3-6,8-10,12-14,18-19H2,1-2H3,(H,33,35)/t23?,24?,26?,32-/m0/s1. The number of unbranched alkanes of at least 4 members (excludes halogenated alkanes) is 1. The van der Waals surface area contributed by atoms with Gasteiger partial charge in [-0.05, 0) is 110 Å². The number of benzene rings is 2. The second kappa shape index (κ2) is 10.3. The van der Waals surface area contributed by atoms with Gasteiger partial charge in [0.05, 0.1) is 7.11 Å². The van der Waals surface area contributed by atoms with Crippen molar-refractivity contribution in [3.63, 3.8) is 0 Å². The molecule has 0 spiro atoms. The summed E-state index contributed by atoms with van der Waals surface area (Å²) >= 11 is 0. The van der Waals surface area contributed by atoms with Gasteiger partial charge in [-0.1, -0.05) is 19.1 Å². The number of ketones is 1. The molecule has 6 heteroatoms. The predicted molar refractivity (Wildman–Crippen MR) is 145 cm³/mol. The number of hydrogen-bond donors (Lipinski definition) is 1. The van der Waals surface area contributed by atoms with E-state index >= 15 is 0 Å². The zero-order chi connectivity index (χ0) is 26.3. The van der Waals surface area contributed by atoms with Crippen LogP contribution in [0.1, 0.15) is 86.5 Å². The largest absolute Gasteiger partial charge is 0.496 e. The second-order valence-electron chi connectivity index (χ2n) is 11.9. The normalized spacial score (nSPS) is 26.9. The molecule has 2 saturated carbocycles. The van der Waals surface area contributed by atoms with Gasteiger partial charge in [0.25, 0.3) is 0 Å². The van der Waals surface area contributed by atoms with E-state index in [0.717, 1.165) is 74.2 Å². The Morgan fingerprint density at radius 1 is 1.08 bits per heavy atom. The van der Waals surface area contributed by atoms with Crippen LogP contribution in [-0.2, 0) is 29.0 Å². The summed E-state index contributed by atoms with van der Waals surface area (Å²) in [7, 11) is 1.76. The highest BCUT2D eigenvalue weighted by atomic mass is 16.7. The maximum absolute atomic E-state index is 12.7. The molecule has 4 atom stereocenters. The number of fused-ring (bicyclic) bond motifs is 6. The Kier molecular flexibility index (Phi) is 6.83. The van der Waals surface area contributed by atoms with Crippen LogP contribution in [0.2, 0.25) is 0 Å². The average Bonchev–Trinajstić information content (AvgIpc) is 3.52. The topological polar surface area (TPSA) is 73.9 Å². The number of Topliss-reactive ketones (excluding diaryl/α,β-unsaturated/α-hetero) is 1. The molecule has 3 unspecified atom stereocenters. The second-order valence-corrected chi connectivity index (χ2v) is 11.9. The molecule has 1 heterocycles. The summed E-state index contributed by atoms with van der Waals surface area (Å²) in [4.78, 5) is 25.1. The third-order valence-electron chi connectivity index (χ3n) is 9.86. The summed E-state index contributed by atoms with van der Waals surface area (Å²) in [5.74, 6) is 4.78. The minimum Gasteiger partial charge on any atom is -0.496 e. The van der Waals surface area contributed by atoms with Crippen LogP contribution in [0.25, 0.3) is 0 Å². The first-order valence-electron chi connectivity index (χ1n) is 14.3. The molecule has 0 saturated heterocycles. The molecule has 3 aliphatic carbocycles. The first-order valence-corrected chi connectivity index (χ1v) is 14.3. The fourth-order valence-electron chi connectivity index (χ4n) is 7.74. The molecule has 0 bridgehead atoms. The van der Waals surface area contributed by atoms with E-state index < -0.39 is 0 Å². The van der Waals surface area contributed by atoms with Gasteiger partial charge < -0.3 is 19.5 Å². The van der Waals surface area contributed by atoms with Crippen LogP contribution in [0.5, 0.6) is 17.2 Å². The van der Waals surface area contributed by atoms with Gasteiger partial charge >= 0.3 is 0 Å². The molecule has 6 rings (SSSR count). The number of aryl methyl sites for hydroxylation is 2. The Labute approximate surface area is 225 Å². The van der Waals surface area contributed by atoms with E-state index in [2.05, 4.69) is 24.4 Å². The smallest absolute Gasteiger partial charge is 0.231 e. The molecule has 6 nitrogen and oxygen atoms in total. The average molecular weight is 518 g/mol. The maximum atomic E-state index is 12.7. The van der Waals surface area contributed by atoms with Crippen LogP contribution in [0.4, 0.5) is 0 Å². The van der Waals surface area contributed by atoms with Crippen molar-refractivity contribution in [2.45, 2.75) is 83.6 Å². The Balaban J connectivity index is 1.05. The molecule has 0 aromatic heterocycles. The summed E-state index contributed by atoms with van der Waals surface area (Å²) in [5, 5.41) is 3.02. The molecular formula is C32H39NO5. The van der Waals surface area contributed by atoms with Crippen molar-refractivity contribution < 1.29 is 23.8 Å². The molecule has 1 aliphatic heterocycles. The molecule has 2 aromatic carbocycles. The molecule has 1 amide bonds. The lowest BCUT2D eigenvalue weighted by Crippen LogP contribution is -2.42. The molecular weight excluding hydrogens is 478 g/mol. The predicted octanol–water partition coefficient (Wildman–Crippen LogP) is 5.88. The Morgan fingerprint density at radius 2 is 1.95 bits per heavy atom. The molecule has 0 radical (unpaired) electrons. The molecule has 202 valence electrons. The monoisotopic (exact) mass is 517 g/mol. The van der Waals surface area contributed by atoms with Crippen molar-refractivity contribution in [1.82, 2.24) is 5.32 Å². The number of carbonyl (C=O) groups excluding carboxylic acids is 2. The van der Waals surface area contributed by atoms with Crippen molar-refractivity contribution in [3.8, 4) is 17.2 Å². The van der Waals surface area contributed by atoms with Gasteiger partial charge in [0, 0.05) is 24.8 Å². The van der Waals surface area contributed by atoms with Gasteiger partial charge in [-0.2, -0.15) is 0 Å². The highest BCUT2D eigenvalue weighted by molar-refractivity contribution is 5.87. The fourth-order valence-corrected chi connectivity index (χ4v) is 7.74. The van der Waals surface area contributed by atoms with E-state index in [1.54, 1.807) is 7.11 Å². The van der Waals surface area contributed by atoms with Crippen LogP contribution >= 0.6 is 0 Å². The van der Waals surface area contributed by atoms with E-state index in [9.17, 15) is 9.59 Å². The van der Waals surface area contributed by atoms with Crippen molar-refractivity contribution in [3.05, 3.63) is 52.6 Å². The Hall–Kier alpha value is -3.02. The van der Waals surface area contributed by atoms with Crippen LogP contribution in [0.3, 0.4) is 0 Å². The molecule has 1 N–H and O–H groups in total. The van der Waals surface area contributed by atoms with Crippen LogP contribution < -0.4 is 19.5 Å². The highest BCUT2D eigenvalue weighted by Crippen LogP contribution is 2.59. The highest BCUT2D eigenvalue weighted by Gasteiger charge is 2.54. The number of carbonyl (C=O) groups is 2. The number of amides is 1. The van der Waals surface area contributed by atoms with Crippen molar-refractivity contribution in [2.24, 2.45) is 17.3 Å². The summed E-state index contributed by atoms with van der Waals surface area (Å²) in [6.07, 6.45) is 9.45. The van der Waals surface area contributed by atoms with Crippen LogP contribution in [-0.4, -0.2) is 25.6 Å². The minimum atomic E-state index is -0.0860. The van der Waals surface area contributed by atoms with E-state index in [1.807, 2.05) is 18.2 Å². The lowest BCUT2D eigenvalue weighted by atomic mass is 9.55. The lowest BCUT2D eigenvalue weighted by Gasteiger charge is -2.48. The van der Waals surface area contributed by atoms with Gasteiger partial charge in [0.2, 0.25) is 12.7 Å². The lowest BCUT2D eigenvalue weighted by molar-refractivity contribution is -0.129. The number of nitrogens with one attached hydrogen (secondary N) is 1. The van der Waals surface area contributed by atoms with Gasteiger partial charge in [-0.25, -0.2) is 0 Å². The number of methoxy groups -OCH3 is 1. The van der Waals surface area contributed by atoms with Gasteiger partial charge in [0.15, 0.2) is 11.5 Å². The molecule has 38 heavy (non-hydrogen) atoms. The number of hydrogen-bond acceptors (Lipinski definition) is 5. The number of ether oxygens (including phenoxy) is 3. The minimum absolute atomic E-state index is 0.0688. The first kappa shape index (κ1) is 25.3. The zero-order valence-electron chi connectivity index (χ0n) is 22.6. The van der Waals surface area contributed by atoms with Crippen molar-refractivity contribution in [2.75, 3.05) is 13.9 Å². The summed E-state index contributed by atoms with van der Waals surface area (Å²) < 4.78 is 16.6. The summed E-state index contributed by atoms with van der Waals surface area (Å²) in [6.45, 7) is 2.98. The van der Waals surface area contributed by atoms with Crippen LogP contribution in [0.15, 0.2) is 30.3 Å². The SMILES string of the molecule is COc1cc2c(cc1CCCCC(=O)NCc1ccc3c(c1)OCO3)C1CC[C@]3(C)C(=O)CCC3C1CC2. The molecule has 4 aliphatic rings. The number of rotatable bonds is 8. The zero-order valence-corrected chi connectivity index (χ0v) is 22.6. The molecule has 2 fully saturated rings. The van der Waals surface area contributed by atoms with Crippen LogP contribution in [0, 0.1) is 17.3 Å². The Bertz CT molecular complexity index is 1240. The van der Waals surface area contributed by atoms with Gasteiger partial charge in [-0.3, -0.25) is 9.59 Å². The maximum Gasteiger partial charge on any atom is 0.231 e. The van der Waals surface area contributed by atoms with E-state index in [4.69, 9.17) is 14.2 Å². The Morgan fingerprint density at radius 3 is 2.82 bits per heavy atom. The van der Waals surface area contributed by atoms with E-state index in [0.29, 0.717) is 36.5 Å². The first-order chi connectivity index (χ1) is 18.5. The third kappa shape index (κ3) is 4.56. The quantitative estimate of drug-likeness (QED) is 0.443. The molecule has 2 aromatic rings. The van der Waals surface area contributed by atoms with E-state index in [1.165, 1.54) is 23.1 Å². The van der Waals surface area contributed by atoms with Crippen molar-refractivity contribution in [1.29, 1.82) is 0 Å². The van der Waals surface area contributed by atoms with Crippen molar-refractivity contribution >= 4 is 11.7 Å². The van der Waals surface area contributed by atoms with Gasteiger partial charge in [-0.15, -0.1) is 0 Å². The third-order valence-corrected chi connectivity index (χ3v) is 9.86.